The summed E-state index contributed by atoms with van der Waals surface area (Å²) in [7, 11) is -1.52. The highest BCUT2D eigenvalue weighted by Gasteiger charge is 2.20. The van der Waals surface area contributed by atoms with Gasteiger partial charge in [0.2, 0.25) is 0 Å². The molecule has 0 spiro atoms. The van der Waals surface area contributed by atoms with Crippen molar-refractivity contribution < 1.29 is 9.05 Å². The van der Waals surface area contributed by atoms with Gasteiger partial charge >= 0.3 is 8.38 Å². The summed E-state index contributed by atoms with van der Waals surface area (Å²) in [5.74, 6) is 0.956. The normalized spacial score (nSPS) is 10.8. The topological polar surface area (TPSA) is 18.5 Å². The van der Waals surface area contributed by atoms with Crippen LogP contribution in [0.1, 0.15) is 0 Å². The fourth-order valence-electron chi connectivity index (χ4n) is 1.95. The minimum atomic E-state index is -1.52. The van der Waals surface area contributed by atoms with Crippen molar-refractivity contribution in [2.75, 3.05) is 0 Å². The van der Waals surface area contributed by atoms with E-state index in [9.17, 15) is 0 Å². The molecule has 25 heavy (non-hydrogen) atoms. The molecule has 0 aliphatic heterocycles. The zero-order valence-electron chi connectivity index (χ0n) is 12.6. The first-order valence-electron chi connectivity index (χ1n) is 7.14. The Labute approximate surface area is 167 Å². The average molecular weight is 432 g/mol. The van der Waals surface area contributed by atoms with E-state index >= 15 is 0 Å². The lowest BCUT2D eigenvalue weighted by atomic mass is 10.3. The van der Waals surface area contributed by atoms with Crippen molar-refractivity contribution in [3.8, 4) is 11.5 Å². The van der Waals surface area contributed by atoms with E-state index in [1.54, 1.807) is 36.4 Å². The van der Waals surface area contributed by atoms with E-state index in [2.05, 4.69) is 0 Å². The van der Waals surface area contributed by atoms with Gasteiger partial charge in [-0.2, -0.15) is 0 Å². The minimum Gasteiger partial charge on any atom is -0.434 e. The quantitative estimate of drug-likeness (QED) is 0.392. The molecule has 3 aromatic carbocycles. The molecule has 0 aliphatic carbocycles. The zero-order valence-corrected chi connectivity index (χ0v) is 16.5. The Morgan fingerprint density at radius 3 is 1.52 bits per heavy atom. The lowest BCUT2D eigenvalue weighted by Gasteiger charge is -2.20. The van der Waals surface area contributed by atoms with Gasteiger partial charge in [-0.15, -0.1) is 0 Å². The van der Waals surface area contributed by atoms with Gasteiger partial charge in [-0.25, -0.2) is 0 Å². The Morgan fingerprint density at radius 1 is 0.600 bits per heavy atom. The zero-order chi connectivity index (χ0) is 17.8. The molecular weight excluding hydrogens is 421 g/mol. The number of hydrogen-bond donors (Lipinski definition) is 0. The molecule has 0 atom stereocenters. The van der Waals surface area contributed by atoms with Crippen LogP contribution >= 0.6 is 54.8 Å². The van der Waals surface area contributed by atoms with Crippen LogP contribution in [0, 0.1) is 0 Å². The number of rotatable bonds is 5. The van der Waals surface area contributed by atoms with Gasteiger partial charge in [0, 0.05) is 10.0 Å². The summed E-state index contributed by atoms with van der Waals surface area (Å²) < 4.78 is 12.1. The number of halogens is 4. The Hall–Kier alpha value is -1.15. The molecule has 0 aliphatic rings. The molecule has 7 heteroatoms. The van der Waals surface area contributed by atoms with Crippen LogP contribution in [-0.4, -0.2) is 0 Å². The van der Waals surface area contributed by atoms with Gasteiger partial charge in [-0.1, -0.05) is 64.6 Å². The van der Waals surface area contributed by atoms with Gasteiger partial charge < -0.3 is 9.05 Å². The van der Waals surface area contributed by atoms with E-state index < -0.39 is 8.38 Å². The molecule has 0 saturated heterocycles. The van der Waals surface area contributed by atoms with Crippen LogP contribution in [0.15, 0.2) is 66.7 Å². The third-order valence-corrected chi connectivity index (χ3v) is 5.62. The van der Waals surface area contributed by atoms with E-state index in [0.717, 1.165) is 5.30 Å². The monoisotopic (exact) mass is 430 g/mol. The van der Waals surface area contributed by atoms with E-state index in [1.807, 2.05) is 30.3 Å². The van der Waals surface area contributed by atoms with Crippen LogP contribution in [0.4, 0.5) is 0 Å². The maximum absolute atomic E-state index is 6.22. The molecule has 0 amide bonds. The standard InChI is InChI=1S/C18H11Cl4O2P/c19-12-6-8-17(15(21)10-12)23-25(14-4-2-1-3-5-14)24-18-9-7-13(20)11-16(18)22/h1-11H. The molecule has 0 fully saturated rings. The molecule has 0 unspecified atom stereocenters. The van der Waals surface area contributed by atoms with Crippen LogP contribution in [0.3, 0.4) is 0 Å². The van der Waals surface area contributed by atoms with Gasteiger partial charge in [-0.3, -0.25) is 0 Å². The Morgan fingerprint density at radius 2 is 1.08 bits per heavy atom. The minimum absolute atomic E-state index is 0.404. The van der Waals surface area contributed by atoms with Crippen LogP contribution in [0.5, 0.6) is 11.5 Å². The Kier molecular flexibility index (Phi) is 6.33. The highest BCUT2D eigenvalue weighted by molar-refractivity contribution is 7.56. The van der Waals surface area contributed by atoms with Crippen molar-refractivity contribution in [2.45, 2.75) is 0 Å². The Balaban J connectivity index is 1.92. The average Bonchev–Trinajstić information content (AvgIpc) is 2.59. The molecule has 0 saturated carbocycles. The first-order chi connectivity index (χ1) is 12.0. The molecule has 3 rings (SSSR count). The lowest BCUT2D eigenvalue weighted by Crippen LogP contribution is -2.10. The van der Waals surface area contributed by atoms with Crippen molar-refractivity contribution in [3.05, 3.63) is 86.8 Å². The van der Waals surface area contributed by atoms with Gasteiger partial charge in [0.25, 0.3) is 0 Å². The van der Waals surface area contributed by atoms with Crippen LogP contribution < -0.4 is 14.4 Å². The summed E-state index contributed by atoms with van der Waals surface area (Å²) in [5.41, 5.74) is 0. The van der Waals surface area contributed by atoms with Crippen LogP contribution in [0.25, 0.3) is 0 Å². The third-order valence-electron chi connectivity index (χ3n) is 3.12. The van der Waals surface area contributed by atoms with Gasteiger partial charge in [-0.05, 0) is 48.5 Å². The molecule has 0 bridgehead atoms. The highest BCUT2D eigenvalue weighted by Crippen LogP contribution is 2.44. The van der Waals surface area contributed by atoms with Gasteiger partial charge in [0.15, 0.2) is 0 Å². The predicted molar refractivity (Wildman–Crippen MR) is 107 cm³/mol. The maximum atomic E-state index is 6.22. The second-order valence-corrected chi connectivity index (χ2v) is 8.01. The molecule has 0 radical (unpaired) electrons. The maximum Gasteiger partial charge on any atom is 0.326 e. The third kappa shape index (κ3) is 4.94. The van der Waals surface area contributed by atoms with Crippen molar-refractivity contribution >= 4 is 60.1 Å². The summed E-state index contributed by atoms with van der Waals surface area (Å²) in [6.45, 7) is 0. The van der Waals surface area contributed by atoms with Crippen molar-refractivity contribution in [3.63, 3.8) is 0 Å². The fourth-order valence-corrected chi connectivity index (χ4v) is 4.29. The summed E-state index contributed by atoms with van der Waals surface area (Å²) in [5, 5.41) is 2.74. The molecule has 0 N–H and O–H groups in total. The van der Waals surface area contributed by atoms with Crippen molar-refractivity contribution in [1.82, 2.24) is 0 Å². The van der Waals surface area contributed by atoms with Crippen LogP contribution in [-0.2, 0) is 0 Å². The van der Waals surface area contributed by atoms with Gasteiger partial charge in [0.05, 0.1) is 15.3 Å². The van der Waals surface area contributed by atoms with E-state index in [4.69, 9.17) is 55.5 Å². The Bertz CT molecular complexity index is 821. The largest absolute Gasteiger partial charge is 0.434 e. The smallest absolute Gasteiger partial charge is 0.326 e. The highest BCUT2D eigenvalue weighted by atomic mass is 35.5. The molecular formula is C18H11Cl4O2P. The van der Waals surface area contributed by atoms with Gasteiger partial charge in [0.1, 0.15) is 11.5 Å². The summed E-state index contributed by atoms with van der Waals surface area (Å²) >= 11 is 24.3. The molecule has 0 heterocycles. The first kappa shape index (κ1) is 18.6. The molecule has 128 valence electrons. The fraction of sp³-hybridized carbons (Fsp3) is 0. The molecule has 3 aromatic rings. The van der Waals surface area contributed by atoms with Crippen LogP contribution in [0.2, 0.25) is 20.1 Å². The van der Waals surface area contributed by atoms with Crippen molar-refractivity contribution in [1.29, 1.82) is 0 Å². The summed E-state index contributed by atoms with van der Waals surface area (Å²) in [6.07, 6.45) is 0. The lowest BCUT2D eigenvalue weighted by molar-refractivity contribution is 0.502. The van der Waals surface area contributed by atoms with Crippen molar-refractivity contribution in [2.24, 2.45) is 0 Å². The summed E-state index contributed by atoms with van der Waals surface area (Å²) in [4.78, 5) is 0. The van der Waals surface area contributed by atoms with E-state index in [0.29, 0.717) is 31.6 Å². The second kappa shape index (κ2) is 8.49. The number of benzene rings is 3. The van der Waals surface area contributed by atoms with E-state index in [-0.39, 0.29) is 0 Å². The van der Waals surface area contributed by atoms with E-state index in [1.165, 1.54) is 0 Å². The molecule has 2 nitrogen and oxygen atoms in total. The number of hydrogen-bond acceptors (Lipinski definition) is 2. The first-order valence-corrected chi connectivity index (χ1v) is 9.83. The summed E-state index contributed by atoms with van der Waals surface area (Å²) in [6, 6.07) is 19.6. The SMILES string of the molecule is Clc1ccc(OP(Oc2ccc(Cl)cc2Cl)c2ccccc2)c(Cl)c1. The second-order valence-electron chi connectivity index (χ2n) is 4.92. The molecule has 0 aromatic heterocycles. The predicted octanol–water partition coefficient (Wildman–Crippen LogP) is 7.40.